The number of aromatic nitrogens is 3. The Kier molecular flexibility index (Phi) is 3.75. The van der Waals surface area contributed by atoms with Crippen LogP contribution in [0.4, 0.5) is 0 Å². The number of hydrogen-bond donors (Lipinski definition) is 1. The van der Waals surface area contributed by atoms with Gasteiger partial charge in [-0.2, -0.15) is 5.10 Å². The fraction of sp³-hybridized carbons (Fsp3) is 0.455. The molecule has 0 fully saturated rings. The SMILES string of the molecule is CCO[C@H](C)c1n[nH]c(=O)n1Cc1cccs1. The van der Waals surface area contributed by atoms with Gasteiger partial charge in [-0.1, -0.05) is 6.07 Å². The number of nitrogens with zero attached hydrogens (tertiary/aromatic N) is 2. The van der Waals surface area contributed by atoms with Gasteiger partial charge in [-0.25, -0.2) is 9.89 Å². The Labute approximate surface area is 103 Å². The molecule has 0 saturated heterocycles. The molecule has 0 aliphatic heterocycles. The predicted octanol–water partition coefficient (Wildman–Crippen LogP) is 1.78. The van der Waals surface area contributed by atoms with Crippen molar-refractivity contribution < 1.29 is 4.74 Å². The van der Waals surface area contributed by atoms with E-state index in [1.165, 1.54) is 0 Å². The van der Waals surface area contributed by atoms with E-state index in [0.29, 0.717) is 19.0 Å². The summed E-state index contributed by atoms with van der Waals surface area (Å²) in [5, 5.41) is 8.48. The summed E-state index contributed by atoms with van der Waals surface area (Å²) in [6, 6.07) is 3.97. The lowest BCUT2D eigenvalue weighted by Crippen LogP contribution is -2.20. The number of nitrogens with one attached hydrogen (secondary N) is 1. The first-order chi connectivity index (χ1) is 8.22. The largest absolute Gasteiger partial charge is 0.371 e. The van der Waals surface area contributed by atoms with Crippen molar-refractivity contribution in [2.75, 3.05) is 6.61 Å². The van der Waals surface area contributed by atoms with Crippen LogP contribution in [-0.2, 0) is 11.3 Å². The Morgan fingerprint density at radius 2 is 2.47 bits per heavy atom. The lowest BCUT2D eigenvalue weighted by Gasteiger charge is -2.11. The molecule has 1 N–H and O–H groups in total. The molecule has 0 aromatic carbocycles. The van der Waals surface area contributed by atoms with Crippen LogP contribution in [0.15, 0.2) is 22.3 Å². The molecule has 17 heavy (non-hydrogen) atoms. The molecule has 2 rings (SSSR count). The Morgan fingerprint density at radius 3 is 3.12 bits per heavy atom. The first kappa shape index (κ1) is 12.1. The van der Waals surface area contributed by atoms with E-state index in [2.05, 4.69) is 10.2 Å². The van der Waals surface area contributed by atoms with Crippen LogP contribution in [0.3, 0.4) is 0 Å². The average molecular weight is 253 g/mol. The van der Waals surface area contributed by atoms with E-state index in [1.54, 1.807) is 15.9 Å². The molecule has 0 aliphatic carbocycles. The first-order valence-electron chi connectivity index (χ1n) is 5.51. The van der Waals surface area contributed by atoms with Crippen molar-refractivity contribution in [2.45, 2.75) is 26.5 Å². The van der Waals surface area contributed by atoms with Gasteiger partial charge in [0.2, 0.25) is 0 Å². The summed E-state index contributed by atoms with van der Waals surface area (Å²) >= 11 is 1.62. The van der Waals surface area contributed by atoms with Gasteiger partial charge in [0.1, 0.15) is 6.10 Å². The zero-order valence-corrected chi connectivity index (χ0v) is 10.7. The highest BCUT2D eigenvalue weighted by atomic mass is 32.1. The highest BCUT2D eigenvalue weighted by Gasteiger charge is 2.15. The molecule has 1 atom stereocenters. The molecule has 92 valence electrons. The summed E-state index contributed by atoms with van der Waals surface area (Å²) in [5.41, 5.74) is -0.194. The quantitative estimate of drug-likeness (QED) is 0.883. The molecule has 5 nitrogen and oxygen atoms in total. The number of thiophene rings is 1. The number of H-pyrrole nitrogens is 1. The summed E-state index contributed by atoms with van der Waals surface area (Å²) in [6.07, 6.45) is -0.182. The van der Waals surface area contributed by atoms with Crippen LogP contribution in [0, 0.1) is 0 Å². The van der Waals surface area contributed by atoms with Gasteiger partial charge in [-0.3, -0.25) is 4.57 Å². The molecule has 2 heterocycles. The van der Waals surface area contributed by atoms with Crippen LogP contribution >= 0.6 is 11.3 Å². The first-order valence-corrected chi connectivity index (χ1v) is 6.39. The van der Waals surface area contributed by atoms with Crippen LogP contribution in [0.1, 0.15) is 30.7 Å². The zero-order chi connectivity index (χ0) is 12.3. The highest BCUT2D eigenvalue weighted by molar-refractivity contribution is 7.09. The molecule has 6 heteroatoms. The second-order valence-electron chi connectivity index (χ2n) is 3.65. The molecule has 0 radical (unpaired) electrons. The smallest absolute Gasteiger partial charge is 0.343 e. The summed E-state index contributed by atoms with van der Waals surface area (Å²) < 4.78 is 7.08. The Morgan fingerprint density at radius 1 is 1.65 bits per heavy atom. The van der Waals surface area contributed by atoms with Crippen LogP contribution < -0.4 is 5.69 Å². The molecule has 2 aromatic heterocycles. The van der Waals surface area contributed by atoms with E-state index in [-0.39, 0.29) is 11.8 Å². The number of ether oxygens (including phenoxy) is 1. The average Bonchev–Trinajstić information content (AvgIpc) is 2.91. The van der Waals surface area contributed by atoms with Crippen LogP contribution in [0.5, 0.6) is 0 Å². The maximum Gasteiger partial charge on any atom is 0.343 e. The molecular weight excluding hydrogens is 238 g/mol. The maximum absolute atomic E-state index is 11.7. The van der Waals surface area contributed by atoms with Crippen molar-refractivity contribution in [1.29, 1.82) is 0 Å². The highest BCUT2D eigenvalue weighted by Crippen LogP contribution is 2.15. The minimum atomic E-state index is -0.194. The van der Waals surface area contributed by atoms with E-state index in [9.17, 15) is 4.79 Å². The zero-order valence-electron chi connectivity index (χ0n) is 9.84. The van der Waals surface area contributed by atoms with Gasteiger partial charge in [0, 0.05) is 11.5 Å². The van der Waals surface area contributed by atoms with Gasteiger partial charge in [0.15, 0.2) is 5.82 Å². The van der Waals surface area contributed by atoms with Crippen molar-refractivity contribution in [3.05, 3.63) is 38.7 Å². The van der Waals surface area contributed by atoms with Gasteiger partial charge in [-0.05, 0) is 25.3 Å². The van der Waals surface area contributed by atoms with E-state index in [1.807, 2.05) is 31.4 Å². The normalized spacial score (nSPS) is 12.8. The van der Waals surface area contributed by atoms with Crippen molar-refractivity contribution in [3.63, 3.8) is 0 Å². The predicted molar refractivity (Wildman–Crippen MR) is 66.3 cm³/mol. The van der Waals surface area contributed by atoms with Crippen molar-refractivity contribution >= 4 is 11.3 Å². The molecule has 0 unspecified atom stereocenters. The third kappa shape index (κ3) is 2.65. The second kappa shape index (κ2) is 5.29. The van der Waals surface area contributed by atoms with Crippen molar-refractivity contribution in [2.24, 2.45) is 0 Å². The Hall–Kier alpha value is -1.40. The summed E-state index contributed by atoms with van der Waals surface area (Å²) in [6.45, 7) is 4.95. The van der Waals surface area contributed by atoms with Crippen molar-refractivity contribution in [1.82, 2.24) is 14.8 Å². The fourth-order valence-corrected chi connectivity index (χ4v) is 2.37. The lowest BCUT2D eigenvalue weighted by atomic mass is 10.3. The standard InChI is InChI=1S/C11H15N3O2S/c1-3-16-8(2)10-12-13-11(15)14(10)7-9-5-4-6-17-9/h4-6,8H,3,7H2,1-2H3,(H,13,15)/t8-/m1/s1. The van der Waals surface area contributed by atoms with E-state index >= 15 is 0 Å². The molecule has 0 spiro atoms. The molecule has 0 amide bonds. The lowest BCUT2D eigenvalue weighted by molar-refractivity contribution is 0.0673. The van der Waals surface area contributed by atoms with Crippen LogP contribution in [-0.4, -0.2) is 21.4 Å². The van der Waals surface area contributed by atoms with Crippen LogP contribution in [0.25, 0.3) is 0 Å². The van der Waals surface area contributed by atoms with Gasteiger partial charge in [0.05, 0.1) is 6.54 Å². The third-order valence-electron chi connectivity index (χ3n) is 2.46. The third-order valence-corrected chi connectivity index (χ3v) is 3.32. The molecule has 2 aromatic rings. The number of hydrogen-bond acceptors (Lipinski definition) is 4. The minimum absolute atomic E-state index is 0.182. The van der Waals surface area contributed by atoms with Gasteiger partial charge >= 0.3 is 5.69 Å². The second-order valence-corrected chi connectivity index (χ2v) is 4.68. The van der Waals surface area contributed by atoms with Crippen LogP contribution in [0.2, 0.25) is 0 Å². The summed E-state index contributed by atoms with van der Waals surface area (Å²) in [4.78, 5) is 12.8. The monoisotopic (exact) mass is 253 g/mol. The van der Waals surface area contributed by atoms with Gasteiger partial charge in [0.25, 0.3) is 0 Å². The van der Waals surface area contributed by atoms with Gasteiger partial charge < -0.3 is 4.74 Å². The fourth-order valence-electron chi connectivity index (χ4n) is 1.68. The van der Waals surface area contributed by atoms with E-state index in [0.717, 1.165) is 4.88 Å². The Balaban J connectivity index is 2.26. The molecule has 0 aliphatic rings. The topological polar surface area (TPSA) is 59.9 Å². The Bertz CT molecular complexity index is 515. The minimum Gasteiger partial charge on any atom is -0.371 e. The van der Waals surface area contributed by atoms with Gasteiger partial charge in [-0.15, -0.1) is 11.3 Å². The maximum atomic E-state index is 11.7. The number of rotatable bonds is 5. The summed E-state index contributed by atoms with van der Waals surface area (Å²) in [7, 11) is 0. The molecule has 0 saturated carbocycles. The molecule has 0 bridgehead atoms. The van der Waals surface area contributed by atoms with Crippen molar-refractivity contribution in [3.8, 4) is 0 Å². The van der Waals surface area contributed by atoms with E-state index < -0.39 is 0 Å². The number of aromatic amines is 1. The molecular formula is C11H15N3O2S. The van der Waals surface area contributed by atoms with E-state index in [4.69, 9.17) is 4.74 Å². The summed E-state index contributed by atoms with van der Waals surface area (Å²) in [5.74, 6) is 0.644.